The monoisotopic (exact) mass is 200 g/mol. The van der Waals surface area contributed by atoms with Crippen LogP contribution in [0.2, 0.25) is 0 Å². The molecular weight excluding hydrogens is 184 g/mol. The normalized spacial score (nSPS) is 11.9. The van der Waals surface area contributed by atoms with Gasteiger partial charge in [0.1, 0.15) is 0 Å². The fourth-order valence-corrected chi connectivity index (χ4v) is 1.28. The van der Waals surface area contributed by atoms with E-state index in [2.05, 4.69) is 18.7 Å². The van der Waals surface area contributed by atoms with Gasteiger partial charge in [-0.15, -0.1) is 0 Å². The molecule has 0 fully saturated rings. The van der Waals surface area contributed by atoms with Crippen molar-refractivity contribution in [2.45, 2.75) is 0 Å². The van der Waals surface area contributed by atoms with Gasteiger partial charge in [0.15, 0.2) is 0 Å². The maximum absolute atomic E-state index is 4.97. The number of ether oxygens (including phenoxy) is 1. The molecule has 0 heterocycles. The number of methoxy groups -OCH3 is 1. The number of hydrogen-bond donors (Lipinski definition) is 0. The molecule has 0 spiro atoms. The van der Waals surface area contributed by atoms with E-state index in [-0.39, 0.29) is 0 Å². The van der Waals surface area contributed by atoms with Crippen LogP contribution in [-0.2, 0) is 4.74 Å². The van der Waals surface area contributed by atoms with E-state index in [4.69, 9.17) is 4.74 Å². The Bertz CT molecular complexity index is 347. The Morgan fingerprint density at radius 2 is 2.07 bits per heavy atom. The van der Waals surface area contributed by atoms with Gasteiger partial charge in [0, 0.05) is 7.11 Å². The highest BCUT2D eigenvalue weighted by Crippen LogP contribution is 2.15. The quantitative estimate of drug-likeness (QED) is 0.661. The lowest BCUT2D eigenvalue weighted by Crippen LogP contribution is -1.83. The van der Waals surface area contributed by atoms with Gasteiger partial charge < -0.3 is 4.74 Å². The minimum absolute atomic E-state index is 0.626. The Morgan fingerprint density at radius 3 is 2.67 bits per heavy atom. The Labute approximate surface area is 91.4 Å². The van der Waals surface area contributed by atoms with E-state index in [1.165, 1.54) is 5.56 Å². The van der Waals surface area contributed by atoms with Crippen LogP contribution in [0, 0.1) is 0 Å². The Morgan fingerprint density at radius 1 is 1.33 bits per heavy atom. The molecule has 0 aromatic heterocycles. The second-order valence-corrected chi connectivity index (χ2v) is 3.08. The first-order valence-corrected chi connectivity index (χ1v) is 4.92. The smallest absolute Gasteiger partial charge is 0.0646 e. The lowest BCUT2D eigenvalue weighted by atomic mass is 10.1. The van der Waals surface area contributed by atoms with Crippen molar-refractivity contribution in [2.75, 3.05) is 13.7 Å². The number of hydrogen-bond acceptors (Lipinski definition) is 1. The molecule has 0 radical (unpaired) electrons. The highest BCUT2D eigenvalue weighted by atomic mass is 16.5. The van der Waals surface area contributed by atoms with Crippen LogP contribution in [0.5, 0.6) is 0 Å². The summed E-state index contributed by atoms with van der Waals surface area (Å²) in [6.07, 6.45) is 7.81. The highest BCUT2D eigenvalue weighted by molar-refractivity contribution is 5.74. The lowest BCUT2D eigenvalue weighted by Gasteiger charge is -2.01. The third-order valence-electron chi connectivity index (χ3n) is 1.96. The third-order valence-corrected chi connectivity index (χ3v) is 1.96. The van der Waals surface area contributed by atoms with Gasteiger partial charge in [-0.3, -0.25) is 0 Å². The summed E-state index contributed by atoms with van der Waals surface area (Å²) >= 11 is 0. The second kappa shape index (κ2) is 6.80. The highest BCUT2D eigenvalue weighted by Gasteiger charge is 1.94. The molecule has 15 heavy (non-hydrogen) atoms. The Hall–Kier alpha value is -1.60. The molecule has 1 rings (SSSR count). The minimum Gasteiger partial charge on any atom is -0.381 e. The topological polar surface area (TPSA) is 9.23 Å². The summed E-state index contributed by atoms with van der Waals surface area (Å²) in [5, 5.41) is 0. The van der Waals surface area contributed by atoms with Gasteiger partial charge >= 0.3 is 0 Å². The first-order valence-electron chi connectivity index (χ1n) is 4.92. The predicted octanol–water partition coefficient (Wildman–Crippen LogP) is 3.46. The van der Waals surface area contributed by atoms with E-state index in [1.54, 1.807) is 13.2 Å². The average Bonchev–Trinajstić information content (AvgIpc) is 2.29. The van der Waals surface area contributed by atoms with Crippen molar-refractivity contribution in [1.82, 2.24) is 0 Å². The van der Waals surface area contributed by atoms with Crippen molar-refractivity contribution >= 4 is 5.57 Å². The van der Waals surface area contributed by atoms with Gasteiger partial charge in [-0.25, -0.2) is 0 Å². The zero-order valence-electron chi connectivity index (χ0n) is 9.02. The maximum atomic E-state index is 4.97. The largest absolute Gasteiger partial charge is 0.381 e. The molecule has 78 valence electrons. The molecule has 0 unspecified atom stereocenters. The van der Waals surface area contributed by atoms with Crippen molar-refractivity contribution < 1.29 is 4.74 Å². The molecule has 0 amide bonds. The molecule has 0 saturated heterocycles. The van der Waals surface area contributed by atoms with E-state index in [1.807, 2.05) is 36.4 Å². The first-order chi connectivity index (χ1) is 7.38. The summed E-state index contributed by atoms with van der Waals surface area (Å²) < 4.78 is 4.97. The molecule has 1 aromatic carbocycles. The van der Waals surface area contributed by atoms with E-state index < -0.39 is 0 Å². The van der Waals surface area contributed by atoms with Gasteiger partial charge in [-0.1, -0.05) is 61.2 Å². The summed E-state index contributed by atoms with van der Waals surface area (Å²) in [6, 6.07) is 10.2. The van der Waals surface area contributed by atoms with Gasteiger partial charge in [0.25, 0.3) is 0 Å². The molecule has 0 aliphatic rings. The molecule has 0 bridgehead atoms. The van der Waals surface area contributed by atoms with Crippen LogP contribution >= 0.6 is 0 Å². The molecule has 0 saturated carbocycles. The molecule has 1 heteroatoms. The fraction of sp³-hybridized carbons (Fsp3) is 0.143. The number of benzene rings is 1. The molecule has 0 N–H and O–H groups in total. The van der Waals surface area contributed by atoms with Crippen molar-refractivity contribution in [3.63, 3.8) is 0 Å². The SMILES string of the molecule is C=C/C=C(\C=C/COC)c1ccccc1. The van der Waals surface area contributed by atoms with Gasteiger partial charge in [0.05, 0.1) is 6.61 Å². The summed E-state index contributed by atoms with van der Waals surface area (Å²) in [4.78, 5) is 0. The zero-order chi connectivity index (χ0) is 10.9. The zero-order valence-corrected chi connectivity index (χ0v) is 9.02. The summed E-state index contributed by atoms with van der Waals surface area (Å²) in [5.41, 5.74) is 2.33. The van der Waals surface area contributed by atoms with E-state index in [9.17, 15) is 0 Å². The molecular formula is C14H16O. The van der Waals surface area contributed by atoms with E-state index >= 15 is 0 Å². The number of allylic oxidation sites excluding steroid dienone is 4. The molecule has 0 aliphatic heterocycles. The van der Waals surface area contributed by atoms with Crippen molar-refractivity contribution in [1.29, 1.82) is 0 Å². The summed E-state index contributed by atoms with van der Waals surface area (Å²) in [5.74, 6) is 0. The lowest BCUT2D eigenvalue weighted by molar-refractivity contribution is 0.234. The summed E-state index contributed by atoms with van der Waals surface area (Å²) in [7, 11) is 1.68. The first kappa shape index (κ1) is 11.5. The van der Waals surface area contributed by atoms with E-state index in [0.717, 1.165) is 5.57 Å². The Balaban J connectivity index is 2.85. The number of rotatable bonds is 5. The van der Waals surface area contributed by atoms with Crippen molar-refractivity contribution in [3.8, 4) is 0 Å². The van der Waals surface area contributed by atoms with Crippen LogP contribution in [-0.4, -0.2) is 13.7 Å². The molecule has 0 atom stereocenters. The van der Waals surface area contributed by atoms with Crippen molar-refractivity contribution in [2.24, 2.45) is 0 Å². The van der Waals surface area contributed by atoms with Crippen LogP contribution in [0.25, 0.3) is 5.57 Å². The van der Waals surface area contributed by atoms with Gasteiger partial charge in [-0.2, -0.15) is 0 Å². The van der Waals surface area contributed by atoms with Crippen molar-refractivity contribution in [3.05, 3.63) is 66.8 Å². The molecule has 1 aromatic rings. The van der Waals surface area contributed by atoms with Crippen LogP contribution < -0.4 is 0 Å². The Kier molecular flexibility index (Phi) is 5.20. The standard InChI is InChI=1S/C14H16O/c1-3-8-13(11-7-12-15-2)14-9-5-4-6-10-14/h3-11H,1,12H2,2H3/b11-7-,13-8+. The predicted molar refractivity (Wildman–Crippen MR) is 65.6 cm³/mol. The van der Waals surface area contributed by atoms with E-state index in [0.29, 0.717) is 6.61 Å². The molecule has 1 nitrogen and oxygen atoms in total. The van der Waals surface area contributed by atoms with Crippen LogP contribution in [0.4, 0.5) is 0 Å². The maximum Gasteiger partial charge on any atom is 0.0646 e. The third kappa shape index (κ3) is 3.96. The van der Waals surface area contributed by atoms with Crippen LogP contribution in [0.1, 0.15) is 5.56 Å². The second-order valence-electron chi connectivity index (χ2n) is 3.08. The molecule has 0 aliphatic carbocycles. The van der Waals surface area contributed by atoms with Crippen LogP contribution in [0.15, 0.2) is 61.2 Å². The minimum atomic E-state index is 0.626. The van der Waals surface area contributed by atoms with Gasteiger partial charge in [0.2, 0.25) is 0 Å². The van der Waals surface area contributed by atoms with Gasteiger partial charge in [-0.05, 0) is 11.1 Å². The van der Waals surface area contributed by atoms with Crippen LogP contribution in [0.3, 0.4) is 0 Å². The fourth-order valence-electron chi connectivity index (χ4n) is 1.28. The summed E-state index contributed by atoms with van der Waals surface area (Å²) in [6.45, 7) is 4.34. The average molecular weight is 200 g/mol.